The summed E-state index contributed by atoms with van der Waals surface area (Å²) in [5.41, 5.74) is -0.445. The van der Waals surface area contributed by atoms with Crippen molar-refractivity contribution < 1.29 is 23.8 Å². The van der Waals surface area contributed by atoms with Gasteiger partial charge in [-0.3, -0.25) is 9.69 Å². The van der Waals surface area contributed by atoms with Crippen LogP contribution in [-0.4, -0.2) is 76.2 Å². The van der Waals surface area contributed by atoms with Crippen LogP contribution >= 0.6 is 11.3 Å². The number of thiazole rings is 1. The van der Waals surface area contributed by atoms with Gasteiger partial charge >= 0.3 is 6.09 Å². The van der Waals surface area contributed by atoms with Gasteiger partial charge in [-0.25, -0.2) is 9.78 Å². The highest BCUT2D eigenvalue weighted by Gasteiger charge is 2.57. The highest BCUT2D eigenvalue weighted by atomic mass is 32.1. The maximum Gasteiger partial charge on any atom is 0.408 e. The molecule has 3 aromatic rings. The van der Waals surface area contributed by atoms with E-state index in [-0.39, 0.29) is 11.9 Å². The monoisotopic (exact) mass is 550 g/mol. The first-order chi connectivity index (χ1) is 18.7. The van der Waals surface area contributed by atoms with E-state index in [9.17, 15) is 9.59 Å². The van der Waals surface area contributed by atoms with E-state index in [4.69, 9.17) is 14.2 Å². The van der Waals surface area contributed by atoms with Gasteiger partial charge in [-0.1, -0.05) is 23.5 Å². The quantitative estimate of drug-likeness (QED) is 0.430. The van der Waals surface area contributed by atoms with Gasteiger partial charge in [0.05, 0.1) is 10.2 Å². The molecule has 2 saturated heterocycles. The number of nitrogens with zero attached hydrogens (tertiary/aromatic N) is 3. The van der Waals surface area contributed by atoms with Gasteiger partial charge in [0.2, 0.25) is 5.91 Å². The van der Waals surface area contributed by atoms with Crippen molar-refractivity contribution in [2.24, 2.45) is 0 Å². The van der Waals surface area contributed by atoms with Crippen molar-refractivity contribution in [2.75, 3.05) is 26.2 Å². The SMILES string of the molecule is CC(C)(C)OC(=O)NC1(C(=O)N2CC3CC2CN3CCOc2ccc(Oc3nc4ccccc4s3)cc2)CC1. The second-order valence-corrected chi connectivity index (χ2v) is 12.6. The molecule has 2 aliphatic heterocycles. The average Bonchev–Trinajstić information content (AvgIpc) is 3.21. The van der Waals surface area contributed by atoms with E-state index in [0.29, 0.717) is 37.2 Å². The van der Waals surface area contributed by atoms with Gasteiger partial charge in [-0.05, 0) is 76.4 Å². The fourth-order valence-electron chi connectivity index (χ4n) is 5.44. The van der Waals surface area contributed by atoms with Crippen molar-refractivity contribution in [1.29, 1.82) is 0 Å². The van der Waals surface area contributed by atoms with Gasteiger partial charge < -0.3 is 24.4 Å². The minimum Gasteiger partial charge on any atom is -0.492 e. The van der Waals surface area contributed by atoms with Gasteiger partial charge in [-0.15, -0.1) is 0 Å². The molecule has 206 valence electrons. The highest BCUT2D eigenvalue weighted by Crippen LogP contribution is 2.41. The molecule has 1 N–H and O–H groups in total. The van der Waals surface area contributed by atoms with E-state index >= 15 is 0 Å². The Kier molecular flexibility index (Phi) is 6.63. The first kappa shape index (κ1) is 25.9. The van der Waals surface area contributed by atoms with E-state index in [1.807, 2.05) is 74.2 Å². The third-order valence-electron chi connectivity index (χ3n) is 7.46. The molecule has 2 atom stereocenters. The fourth-order valence-corrected chi connectivity index (χ4v) is 6.28. The molecule has 2 unspecified atom stereocenters. The Bertz CT molecular complexity index is 1330. The molecule has 9 nitrogen and oxygen atoms in total. The van der Waals surface area contributed by atoms with Crippen LogP contribution in [0.4, 0.5) is 4.79 Å². The number of para-hydroxylation sites is 1. The number of rotatable bonds is 8. The number of benzene rings is 2. The number of hydrogen-bond donors (Lipinski definition) is 1. The van der Waals surface area contributed by atoms with Crippen LogP contribution in [0.5, 0.6) is 16.7 Å². The maximum absolute atomic E-state index is 13.3. The first-order valence-electron chi connectivity index (χ1n) is 13.5. The number of aromatic nitrogens is 1. The van der Waals surface area contributed by atoms with Gasteiger partial charge in [0.1, 0.15) is 29.2 Å². The zero-order valence-electron chi connectivity index (χ0n) is 22.5. The molecule has 0 spiro atoms. The summed E-state index contributed by atoms with van der Waals surface area (Å²) in [5.74, 6) is 1.54. The van der Waals surface area contributed by atoms with Gasteiger partial charge in [0.15, 0.2) is 0 Å². The van der Waals surface area contributed by atoms with Crippen LogP contribution in [0, 0.1) is 0 Å². The van der Waals surface area contributed by atoms with Crippen LogP contribution in [0.2, 0.25) is 0 Å². The summed E-state index contributed by atoms with van der Waals surface area (Å²) in [6, 6.07) is 16.1. The summed E-state index contributed by atoms with van der Waals surface area (Å²) >= 11 is 1.52. The number of alkyl carbamates (subject to hydrolysis) is 1. The molecule has 2 bridgehead atoms. The molecule has 3 heterocycles. The maximum atomic E-state index is 13.3. The summed E-state index contributed by atoms with van der Waals surface area (Å²) in [4.78, 5) is 34.5. The molecule has 1 saturated carbocycles. The van der Waals surface area contributed by atoms with Crippen molar-refractivity contribution in [2.45, 2.75) is 63.3 Å². The van der Waals surface area contributed by atoms with Crippen LogP contribution < -0.4 is 14.8 Å². The molecule has 2 aromatic carbocycles. The van der Waals surface area contributed by atoms with Crippen LogP contribution in [0.3, 0.4) is 0 Å². The molecule has 3 aliphatic rings. The first-order valence-corrected chi connectivity index (χ1v) is 14.3. The van der Waals surface area contributed by atoms with E-state index < -0.39 is 17.2 Å². The lowest BCUT2D eigenvalue weighted by Crippen LogP contribution is -2.57. The predicted molar refractivity (Wildman–Crippen MR) is 148 cm³/mol. The molecule has 1 aromatic heterocycles. The Morgan fingerprint density at radius 2 is 1.79 bits per heavy atom. The third kappa shape index (κ3) is 5.67. The van der Waals surface area contributed by atoms with Gasteiger partial charge in [0, 0.05) is 31.7 Å². The number of hydrogen-bond acceptors (Lipinski definition) is 8. The largest absolute Gasteiger partial charge is 0.492 e. The van der Waals surface area contributed by atoms with Crippen LogP contribution in [0.15, 0.2) is 48.5 Å². The number of nitrogens with one attached hydrogen (secondary N) is 1. The molecule has 2 amide bonds. The third-order valence-corrected chi connectivity index (χ3v) is 8.38. The van der Waals surface area contributed by atoms with Crippen LogP contribution in [-0.2, 0) is 9.53 Å². The fraction of sp³-hybridized carbons (Fsp3) is 0.483. The minimum absolute atomic E-state index is 0.0323. The molecule has 10 heteroatoms. The molecule has 0 radical (unpaired) electrons. The lowest BCUT2D eigenvalue weighted by molar-refractivity contribution is -0.137. The summed E-state index contributed by atoms with van der Waals surface area (Å²) in [6.45, 7) is 8.35. The average molecular weight is 551 g/mol. The minimum atomic E-state index is -0.788. The van der Waals surface area contributed by atoms with Crippen molar-refractivity contribution in [3.05, 3.63) is 48.5 Å². The van der Waals surface area contributed by atoms with E-state index in [0.717, 1.165) is 41.2 Å². The molecule has 1 aliphatic carbocycles. The second-order valence-electron chi connectivity index (χ2n) is 11.6. The Hall–Kier alpha value is -3.37. The molecule has 3 fully saturated rings. The standard InChI is InChI=1S/C29H34N4O5S/c1-28(2,3)38-26(35)31-29(12-13-29)25(34)33-18-19-16-20(33)17-32(19)14-15-36-21-8-10-22(11-9-21)37-27-30-23-6-4-5-7-24(23)39-27/h4-11,19-20H,12-18H2,1-3H3,(H,31,35). The number of ether oxygens (including phenoxy) is 3. The number of likely N-dealkylation sites (tertiary alicyclic amines) is 2. The topological polar surface area (TPSA) is 93.2 Å². The Balaban J connectivity index is 0.952. The number of piperazine rings is 1. The van der Waals surface area contributed by atoms with E-state index in [2.05, 4.69) is 15.2 Å². The van der Waals surface area contributed by atoms with Crippen LogP contribution in [0.1, 0.15) is 40.0 Å². The molecular weight excluding hydrogens is 516 g/mol. The lowest BCUT2D eigenvalue weighted by atomic mass is 10.2. The number of carbonyl (C=O) groups excluding carboxylic acids is 2. The Morgan fingerprint density at radius 3 is 2.46 bits per heavy atom. The van der Waals surface area contributed by atoms with Crippen molar-refractivity contribution in [3.8, 4) is 16.7 Å². The second kappa shape index (κ2) is 9.98. The molecular formula is C29H34N4O5S. The highest BCUT2D eigenvalue weighted by molar-refractivity contribution is 7.20. The summed E-state index contributed by atoms with van der Waals surface area (Å²) in [6.07, 6.45) is 1.78. The number of fused-ring (bicyclic) bond motifs is 3. The normalized spacial score (nSPS) is 21.7. The van der Waals surface area contributed by atoms with Gasteiger partial charge in [0.25, 0.3) is 5.19 Å². The Labute approximate surface area is 232 Å². The lowest BCUT2D eigenvalue weighted by Gasteiger charge is -2.36. The molecule has 6 rings (SSSR count). The van der Waals surface area contributed by atoms with Crippen molar-refractivity contribution in [3.63, 3.8) is 0 Å². The van der Waals surface area contributed by atoms with E-state index in [1.165, 1.54) is 11.3 Å². The summed E-state index contributed by atoms with van der Waals surface area (Å²) in [7, 11) is 0. The number of carbonyl (C=O) groups is 2. The Morgan fingerprint density at radius 1 is 1.05 bits per heavy atom. The predicted octanol–water partition coefficient (Wildman–Crippen LogP) is 4.81. The smallest absolute Gasteiger partial charge is 0.408 e. The summed E-state index contributed by atoms with van der Waals surface area (Å²) < 4.78 is 18.4. The zero-order chi connectivity index (χ0) is 27.2. The summed E-state index contributed by atoms with van der Waals surface area (Å²) in [5, 5.41) is 3.47. The van der Waals surface area contributed by atoms with Crippen molar-refractivity contribution >= 4 is 33.6 Å². The molecule has 39 heavy (non-hydrogen) atoms. The van der Waals surface area contributed by atoms with Crippen molar-refractivity contribution in [1.82, 2.24) is 20.1 Å². The zero-order valence-corrected chi connectivity index (χ0v) is 23.3. The van der Waals surface area contributed by atoms with Crippen LogP contribution in [0.25, 0.3) is 10.2 Å². The van der Waals surface area contributed by atoms with E-state index in [1.54, 1.807) is 0 Å². The van der Waals surface area contributed by atoms with Gasteiger partial charge in [-0.2, -0.15) is 0 Å². The number of amides is 2.